The minimum absolute atomic E-state index is 0.0549. The maximum Gasteiger partial charge on any atom is 0.233 e. The smallest absolute Gasteiger partial charge is 0.233 e. The van der Waals surface area contributed by atoms with E-state index in [1.54, 1.807) is 54.3 Å². The average molecular weight is 474 g/mol. The summed E-state index contributed by atoms with van der Waals surface area (Å²) in [5, 5.41) is 0.214. The molecule has 0 aliphatic heterocycles. The molecule has 2 aromatic carbocycles. The van der Waals surface area contributed by atoms with E-state index in [0.29, 0.717) is 18.2 Å². The van der Waals surface area contributed by atoms with Gasteiger partial charge in [0.2, 0.25) is 5.91 Å². The summed E-state index contributed by atoms with van der Waals surface area (Å²) >= 11 is 1.54. The number of sulfone groups is 1. The normalized spacial score (nSPS) is 12.1. The predicted molar refractivity (Wildman–Crippen MR) is 132 cm³/mol. The molecule has 32 heavy (non-hydrogen) atoms. The molecule has 0 aliphatic rings. The third-order valence-electron chi connectivity index (χ3n) is 5.46. The SMILES string of the molecule is Cc1ccc(C)c2sc(N(CCN(C)C)C(=O)Cc3ccc(S(=O)(=O)C(C)C)cc3)nc12. The summed E-state index contributed by atoms with van der Waals surface area (Å²) < 4.78 is 25.8. The van der Waals surface area contributed by atoms with Crippen LogP contribution in [0.1, 0.15) is 30.5 Å². The number of likely N-dealkylation sites (N-methyl/N-ethyl adjacent to an activating group) is 1. The van der Waals surface area contributed by atoms with Crippen molar-refractivity contribution >= 4 is 42.4 Å². The number of hydrogen-bond donors (Lipinski definition) is 0. The first kappa shape index (κ1) is 24.4. The van der Waals surface area contributed by atoms with Crippen LogP contribution in [0.2, 0.25) is 0 Å². The molecule has 8 heteroatoms. The number of aromatic nitrogens is 1. The number of anilines is 1. The Morgan fingerprint density at radius 1 is 1.00 bits per heavy atom. The molecule has 3 aromatic rings. The first-order valence-corrected chi connectivity index (χ1v) is 13.0. The van der Waals surface area contributed by atoms with Crippen LogP contribution in [-0.4, -0.2) is 56.6 Å². The third kappa shape index (κ3) is 5.19. The number of fused-ring (bicyclic) bond motifs is 1. The second-order valence-corrected chi connectivity index (χ2v) is 12.1. The van der Waals surface area contributed by atoms with Crippen molar-refractivity contribution in [1.29, 1.82) is 0 Å². The standard InChI is InChI=1S/C24H31N3O3S2/c1-16(2)32(29,30)20-11-9-19(10-12-20)15-21(28)27(14-13-26(5)6)24-25-22-17(3)7-8-18(4)23(22)31-24/h7-12,16H,13-15H2,1-6H3. The zero-order valence-electron chi connectivity index (χ0n) is 19.5. The van der Waals surface area contributed by atoms with Crippen molar-refractivity contribution in [3.63, 3.8) is 0 Å². The van der Waals surface area contributed by atoms with Crippen molar-refractivity contribution in [2.24, 2.45) is 0 Å². The predicted octanol–water partition coefficient (Wildman–Crippen LogP) is 4.23. The summed E-state index contributed by atoms with van der Waals surface area (Å²) in [6, 6.07) is 10.8. The second kappa shape index (κ2) is 9.68. The van der Waals surface area contributed by atoms with Gasteiger partial charge in [0, 0.05) is 13.1 Å². The zero-order valence-corrected chi connectivity index (χ0v) is 21.2. The lowest BCUT2D eigenvalue weighted by molar-refractivity contribution is -0.118. The van der Waals surface area contributed by atoms with Crippen LogP contribution < -0.4 is 4.90 Å². The highest BCUT2D eigenvalue weighted by Gasteiger charge is 2.22. The van der Waals surface area contributed by atoms with Crippen molar-refractivity contribution < 1.29 is 13.2 Å². The Bertz CT molecular complexity index is 1170. The number of benzene rings is 2. The van der Waals surface area contributed by atoms with Gasteiger partial charge in [-0.25, -0.2) is 13.4 Å². The van der Waals surface area contributed by atoms with E-state index >= 15 is 0 Å². The molecule has 0 saturated heterocycles. The molecule has 0 bridgehead atoms. The molecule has 3 rings (SSSR count). The van der Waals surface area contributed by atoms with Crippen LogP contribution in [0.3, 0.4) is 0 Å². The van der Waals surface area contributed by atoms with Crippen LogP contribution in [0.15, 0.2) is 41.3 Å². The Labute approximate surface area is 194 Å². The Balaban J connectivity index is 1.89. The van der Waals surface area contributed by atoms with Crippen LogP contribution in [0.25, 0.3) is 10.2 Å². The summed E-state index contributed by atoms with van der Waals surface area (Å²) in [5.41, 5.74) is 3.96. The van der Waals surface area contributed by atoms with E-state index in [1.807, 2.05) is 25.9 Å². The third-order valence-corrected chi connectivity index (χ3v) is 8.85. The van der Waals surface area contributed by atoms with Gasteiger partial charge >= 0.3 is 0 Å². The van der Waals surface area contributed by atoms with Crippen LogP contribution >= 0.6 is 11.3 Å². The number of carbonyl (C=O) groups excluding carboxylic acids is 1. The molecule has 1 aromatic heterocycles. The Morgan fingerprint density at radius 2 is 1.62 bits per heavy atom. The van der Waals surface area contributed by atoms with Gasteiger partial charge in [-0.1, -0.05) is 35.6 Å². The van der Waals surface area contributed by atoms with Gasteiger partial charge in [-0.3, -0.25) is 9.69 Å². The molecular weight excluding hydrogens is 442 g/mol. The molecule has 0 N–H and O–H groups in total. The van der Waals surface area contributed by atoms with Gasteiger partial charge in [-0.15, -0.1) is 0 Å². The fourth-order valence-electron chi connectivity index (χ4n) is 3.33. The molecular formula is C24H31N3O3S2. The quantitative estimate of drug-likeness (QED) is 0.490. The van der Waals surface area contributed by atoms with E-state index < -0.39 is 15.1 Å². The Kier molecular flexibility index (Phi) is 7.37. The summed E-state index contributed by atoms with van der Waals surface area (Å²) in [5.74, 6) is -0.0549. The van der Waals surface area contributed by atoms with E-state index in [1.165, 1.54) is 0 Å². The second-order valence-electron chi connectivity index (χ2n) is 8.64. The average Bonchev–Trinajstić information content (AvgIpc) is 3.17. The van der Waals surface area contributed by atoms with Crippen LogP contribution in [-0.2, 0) is 21.1 Å². The number of rotatable bonds is 8. The highest BCUT2D eigenvalue weighted by atomic mass is 32.2. The summed E-state index contributed by atoms with van der Waals surface area (Å²) in [4.78, 5) is 22.2. The summed E-state index contributed by atoms with van der Waals surface area (Å²) in [7, 11) is 0.619. The van der Waals surface area contributed by atoms with Gasteiger partial charge in [0.25, 0.3) is 0 Å². The lowest BCUT2D eigenvalue weighted by Crippen LogP contribution is -2.37. The van der Waals surface area contributed by atoms with Crippen molar-refractivity contribution in [2.45, 2.75) is 44.3 Å². The highest BCUT2D eigenvalue weighted by molar-refractivity contribution is 7.92. The maximum atomic E-state index is 13.3. The van der Waals surface area contributed by atoms with Gasteiger partial charge in [-0.05, 0) is 70.6 Å². The van der Waals surface area contributed by atoms with E-state index in [-0.39, 0.29) is 17.2 Å². The van der Waals surface area contributed by atoms with Crippen LogP contribution in [0, 0.1) is 13.8 Å². The lowest BCUT2D eigenvalue weighted by Gasteiger charge is -2.22. The number of thiazole rings is 1. The molecule has 1 heterocycles. The van der Waals surface area contributed by atoms with Crippen LogP contribution in [0.5, 0.6) is 0 Å². The molecule has 6 nitrogen and oxygen atoms in total. The monoisotopic (exact) mass is 473 g/mol. The molecule has 1 amide bonds. The fraction of sp³-hybridized carbons (Fsp3) is 0.417. The molecule has 172 valence electrons. The van der Waals surface area contributed by atoms with Gasteiger partial charge in [-0.2, -0.15) is 0 Å². The Morgan fingerprint density at radius 3 is 2.19 bits per heavy atom. The number of amides is 1. The highest BCUT2D eigenvalue weighted by Crippen LogP contribution is 2.33. The minimum atomic E-state index is -3.33. The zero-order chi connectivity index (χ0) is 23.6. The number of aryl methyl sites for hydroxylation is 2. The summed E-state index contributed by atoms with van der Waals surface area (Å²) in [6.45, 7) is 8.66. The lowest BCUT2D eigenvalue weighted by atomic mass is 10.1. The topological polar surface area (TPSA) is 70.6 Å². The molecule has 0 fully saturated rings. The van der Waals surface area contributed by atoms with Crippen LogP contribution in [0.4, 0.5) is 5.13 Å². The largest absolute Gasteiger partial charge is 0.308 e. The summed E-state index contributed by atoms with van der Waals surface area (Å²) in [6.07, 6.45) is 0.184. The van der Waals surface area contributed by atoms with E-state index in [4.69, 9.17) is 4.98 Å². The van der Waals surface area contributed by atoms with Gasteiger partial charge in [0.05, 0.1) is 26.8 Å². The molecule has 0 unspecified atom stereocenters. The van der Waals surface area contributed by atoms with Gasteiger partial charge in [0.15, 0.2) is 15.0 Å². The van der Waals surface area contributed by atoms with Crippen molar-refractivity contribution in [2.75, 3.05) is 32.1 Å². The maximum absolute atomic E-state index is 13.3. The Hall–Kier alpha value is -2.29. The van der Waals surface area contributed by atoms with Crippen molar-refractivity contribution in [3.05, 3.63) is 53.1 Å². The molecule has 0 aliphatic carbocycles. The molecule has 0 atom stereocenters. The van der Waals surface area contributed by atoms with Gasteiger partial charge in [0.1, 0.15) is 0 Å². The fourth-order valence-corrected chi connectivity index (χ4v) is 5.54. The van der Waals surface area contributed by atoms with Crippen molar-refractivity contribution in [1.82, 2.24) is 9.88 Å². The molecule has 0 radical (unpaired) electrons. The first-order chi connectivity index (χ1) is 15.0. The van der Waals surface area contributed by atoms with Crippen molar-refractivity contribution in [3.8, 4) is 0 Å². The number of carbonyl (C=O) groups is 1. The number of nitrogens with zero attached hydrogens (tertiary/aromatic N) is 3. The van der Waals surface area contributed by atoms with E-state index in [2.05, 4.69) is 19.1 Å². The van der Waals surface area contributed by atoms with E-state index in [0.717, 1.165) is 26.9 Å². The molecule has 0 saturated carbocycles. The minimum Gasteiger partial charge on any atom is -0.308 e. The van der Waals surface area contributed by atoms with E-state index in [9.17, 15) is 13.2 Å². The molecule has 0 spiro atoms. The van der Waals surface area contributed by atoms with Gasteiger partial charge < -0.3 is 4.90 Å². The number of hydrogen-bond acceptors (Lipinski definition) is 6. The first-order valence-electron chi connectivity index (χ1n) is 10.7.